The number of piperidine rings is 1. The molecule has 1 fully saturated rings. The van der Waals surface area contributed by atoms with Gasteiger partial charge in [-0.05, 0) is 48.5 Å². The zero-order valence-corrected chi connectivity index (χ0v) is 23.5. The molecular formula is C32H39ClN4O3. The van der Waals surface area contributed by atoms with Crippen molar-refractivity contribution >= 4 is 30.0 Å². The molecule has 1 unspecified atom stereocenters. The normalized spacial score (nSPS) is 15.8. The fraction of sp³-hybridized carbons (Fsp3) is 0.344. The third-order valence-electron chi connectivity index (χ3n) is 7.38. The Morgan fingerprint density at radius 3 is 1.85 bits per heavy atom. The van der Waals surface area contributed by atoms with Crippen LogP contribution in [-0.4, -0.2) is 43.4 Å². The molecule has 2 amide bonds. The fourth-order valence-electron chi connectivity index (χ4n) is 5.51. The molecule has 0 aromatic heterocycles. The van der Waals surface area contributed by atoms with Crippen LogP contribution in [-0.2, 0) is 19.8 Å². The van der Waals surface area contributed by atoms with E-state index in [0.717, 1.165) is 42.6 Å². The monoisotopic (exact) mass is 562 g/mol. The lowest BCUT2D eigenvalue weighted by atomic mass is 9.67. The second-order valence-electron chi connectivity index (χ2n) is 10.3. The molecule has 5 N–H and O–H groups in total. The number of Topliss-reactive ketones (excluding diaryl/α,β-unsaturated/α-hetero) is 1. The van der Waals surface area contributed by atoms with Gasteiger partial charge < -0.3 is 21.7 Å². The lowest BCUT2D eigenvalue weighted by Crippen LogP contribution is -2.48. The Morgan fingerprint density at radius 1 is 0.850 bits per heavy atom. The molecule has 0 radical (unpaired) electrons. The van der Waals surface area contributed by atoms with Crippen molar-refractivity contribution in [2.24, 2.45) is 11.7 Å². The molecule has 1 heterocycles. The van der Waals surface area contributed by atoms with Crippen LogP contribution >= 0.6 is 12.4 Å². The molecule has 2 atom stereocenters. The van der Waals surface area contributed by atoms with Crippen molar-refractivity contribution in [3.8, 4) is 0 Å². The van der Waals surface area contributed by atoms with E-state index in [1.54, 1.807) is 0 Å². The van der Waals surface area contributed by atoms with Crippen LogP contribution in [0.2, 0.25) is 0 Å². The van der Waals surface area contributed by atoms with Crippen molar-refractivity contribution in [2.75, 3.05) is 19.6 Å². The Hall–Kier alpha value is -3.52. The maximum absolute atomic E-state index is 13.4. The van der Waals surface area contributed by atoms with Gasteiger partial charge in [0.2, 0.25) is 11.8 Å². The fourth-order valence-corrected chi connectivity index (χ4v) is 5.51. The number of nitrogens with one attached hydrogen (secondary N) is 3. The van der Waals surface area contributed by atoms with Crippen LogP contribution in [0.25, 0.3) is 0 Å². The third-order valence-corrected chi connectivity index (χ3v) is 7.38. The van der Waals surface area contributed by atoms with E-state index < -0.39 is 17.5 Å². The van der Waals surface area contributed by atoms with Gasteiger partial charge in [0, 0.05) is 19.3 Å². The highest BCUT2D eigenvalue weighted by atomic mass is 35.5. The number of carbonyl (C=O) groups excluding carboxylic acids is 3. The number of hydrogen-bond acceptors (Lipinski definition) is 5. The van der Waals surface area contributed by atoms with Crippen LogP contribution in [0.1, 0.15) is 48.8 Å². The summed E-state index contributed by atoms with van der Waals surface area (Å²) in [5.74, 6) is -0.324. The standard InChI is InChI=1S/C32H38N4O3.ClH/c33-29(20-28(37)19-24-11-10-18-34-22-24)36-31(39)23-35-30(38)21-32(25-12-4-1-5-13-25,26-14-6-2-7-15-26)27-16-8-3-9-17-27;/h1-9,12-17,24,29,34H,10-11,18-23,33H2,(H,35,38)(H,36,39);1H/t24-,29?;/m0./s1. The third kappa shape index (κ3) is 8.24. The molecular weight excluding hydrogens is 524 g/mol. The molecule has 7 nitrogen and oxygen atoms in total. The number of benzene rings is 3. The van der Waals surface area contributed by atoms with E-state index >= 15 is 0 Å². The van der Waals surface area contributed by atoms with Crippen LogP contribution < -0.4 is 21.7 Å². The number of carbonyl (C=O) groups is 3. The maximum Gasteiger partial charge on any atom is 0.240 e. The SMILES string of the molecule is Cl.NC(CC(=O)C[C@@H]1CCCNC1)NC(=O)CNC(=O)CC(c1ccccc1)(c1ccccc1)c1ccccc1. The number of rotatable bonds is 12. The number of ketones is 1. The first kappa shape index (κ1) is 31.0. The van der Waals surface area contributed by atoms with E-state index in [0.29, 0.717) is 12.3 Å². The van der Waals surface area contributed by atoms with Gasteiger partial charge in [0.05, 0.1) is 18.1 Å². The lowest BCUT2D eigenvalue weighted by molar-refractivity contribution is -0.127. The molecule has 1 aliphatic rings. The molecule has 8 heteroatoms. The van der Waals surface area contributed by atoms with E-state index in [2.05, 4.69) is 16.0 Å². The lowest BCUT2D eigenvalue weighted by Gasteiger charge is -2.35. The van der Waals surface area contributed by atoms with E-state index in [4.69, 9.17) is 5.73 Å². The number of nitrogens with two attached hydrogens (primary N) is 1. The minimum atomic E-state index is -0.782. The van der Waals surface area contributed by atoms with Gasteiger partial charge >= 0.3 is 0 Å². The first-order chi connectivity index (χ1) is 19.0. The molecule has 3 aromatic rings. The van der Waals surface area contributed by atoms with Crippen LogP contribution in [0, 0.1) is 5.92 Å². The predicted molar refractivity (Wildman–Crippen MR) is 160 cm³/mol. The molecule has 3 aromatic carbocycles. The first-order valence-electron chi connectivity index (χ1n) is 13.7. The van der Waals surface area contributed by atoms with Gasteiger partial charge in [-0.15, -0.1) is 12.4 Å². The highest BCUT2D eigenvalue weighted by Gasteiger charge is 2.38. The number of halogens is 1. The Labute approximate surface area is 242 Å². The number of hydrogen-bond donors (Lipinski definition) is 4. The predicted octanol–water partition coefficient (Wildman–Crippen LogP) is 3.70. The molecule has 0 spiro atoms. The topological polar surface area (TPSA) is 113 Å². The van der Waals surface area contributed by atoms with Crippen molar-refractivity contribution in [3.05, 3.63) is 108 Å². The molecule has 40 heavy (non-hydrogen) atoms. The summed E-state index contributed by atoms with van der Waals surface area (Å²) >= 11 is 0. The van der Waals surface area contributed by atoms with Crippen molar-refractivity contribution in [2.45, 2.75) is 43.7 Å². The maximum atomic E-state index is 13.4. The van der Waals surface area contributed by atoms with Gasteiger partial charge in [-0.2, -0.15) is 0 Å². The zero-order chi connectivity index (χ0) is 27.5. The average Bonchev–Trinajstić information content (AvgIpc) is 2.96. The summed E-state index contributed by atoms with van der Waals surface area (Å²) < 4.78 is 0. The van der Waals surface area contributed by atoms with E-state index in [1.807, 2.05) is 91.0 Å². The number of amides is 2. The van der Waals surface area contributed by atoms with Gasteiger partial charge in [0.25, 0.3) is 0 Å². The van der Waals surface area contributed by atoms with E-state index in [-0.39, 0.29) is 43.5 Å². The quantitative estimate of drug-likeness (QED) is 0.199. The second kappa shape index (κ2) is 15.3. The van der Waals surface area contributed by atoms with Crippen molar-refractivity contribution in [3.63, 3.8) is 0 Å². The molecule has 4 rings (SSSR count). The minimum Gasteiger partial charge on any atom is -0.347 e. The van der Waals surface area contributed by atoms with Crippen LogP contribution in [0.3, 0.4) is 0 Å². The van der Waals surface area contributed by atoms with Gasteiger partial charge in [0.1, 0.15) is 5.78 Å². The van der Waals surface area contributed by atoms with Gasteiger partial charge in [-0.3, -0.25) is 14.4 Å². The molecule has 1 aliphatic heterocycles. The van der Waals surface area contributed by atoms with Crippen LogP contribution in [0.15, 0.2) is 91.0 Å². The van der Waals surface area contributed by atoms with Gasteiger partial charge in [-0.1, -0.05) is 91.0 Å². The van der Waals surface area contributed by atoms with Crippen molar-refractivity contribution < 1.29 is 14.4 Å². The second-order valence-corrected chi connectivity index (χ2v) is 10.3. The Kier molecular flexibility index (Phi) is 11.9. The Bertz CT molecular complexity index is 1120. The van der Waals surface area contributed by atoms with Crippen molar-refractivity contribution in [1.82, 2.24) is 16.0 Å². The molecule has 212 valence electrons. The minimum absolute atomic E-state index is 0. The summed E-state index contributed by atoms with van der Waals surface area (Å²) in [4.78, 5) is 38.4. The largest absolute Gasteiger partial charge is 0.347 e. The van der Waals surface area contributed by atoms with E-state index in [9.17, 15) is 14.4 Å². The van der Waals surface area contributed by atoms with Crippen LogP contribution in [0.4, 0.5) is 0 Å². The zero-order valence-electron chi connectivity index (χ0n) is 22.7. The Morgan fingerprint density at radius 2 is 1.38 bits per heavy atom. The van der Waals surface area contributed by atoms with E-state index in [1.165, 1.54) is 0 Å². The summed E-state index contributed by atoms with van der Waals surface area (Å²) in [5.41, 5.74) is 8.23. The highest BCUT2D eigenvalue weighted by Crippen LogP contribution is 2.42. The summed E-state index contributed by atoms with van der Waals surface area (Å²) in [7, 11) is 0. The molecule has 1 saturated heterocycles. The van der Waals surface area contributed by atoms with Gasteiger partial charge in [0.15, 0.2) is 0 Å². The smallest absolute Gasteiger partial charge is 0.240 e. The molecule has 0 bridgehead atoms. The summed E-state index contributed by atoms with van der Waals surface area (Å²) in [5, 5.41) is 8.73. The first-order valence-corrected chi connectivity index (χ1v) is 13.7. The van der Waals surface area contributed by atoms with Crippen LogP contribution in [0.5, 0.6) is 0 Å². The molecule has 0 saturated carbocycles. The Balaban J connectivity index is 0.00000441. The van der Waals surface area contributed by atoms with Gasteiger partial charge in [-0.25, -0.2) is 0 Å². The highest BCUT2D eigenvalue weighted by molar-refractivity contribution is 5.87. The summed E-state index contributed by atoms with van der Waals surface area (Å²) in [6.45, 7) is 1.62. The average molecular weight is 563 g/mol. The summed E-state index contributed by atoms with van der Waals surface area (Å²) in [6.07, 6.45) is 1.97. The summed E-state index contributed by atoms with van der Waals surface area (Å²) in [6, 6.07) is 29.8. The molecule has 0 aliphatic carbocycles. The van der Waals surface area contributed by atoms with Crippen molar-refractivity contribution in [1.29, 1.82) is 0 Å².